The Morgan fingerprint density at radius 1 is 1.18 bits per heavy atom. The summed E-state index contributed by atoms with van der Waals surface area (Å²) in [6.07, 6.45) is 10.8. The van der Waals surface area contributed by atoms with Gasteiger partial charge in [-0.25, -0.2) is 9.97 Å². The van der Waals surface area contributed by atoms with Crippen LogP contribution >= 0.6 is 0 Å². The monoisotopic (exact) mass is 448 g/mol. The molecule has 4 bridgehead atoms. The average Bonchev–Trinajstić information content (AvgIpc) is 2.81. The van der Waals surface area contributed by atoms with Gasteiger partial charge < -0.3 is 20.1 Å². The van der Waals surface area contributed by atoms with Crippen molar-refractivity contribution in [3.63, 3.8) is 0 Å². The molecule has 7 rings (SSSR count). The van der Waals surface area contributed by atoms with E-state index in [2.05, 4.69) is 15.3 Å². The lowest BCUT2D eigenvalue weighted by atomic mass is 9.49. The number of benzene rings is 1. The molecule has 33 heavy (non-hydrogen) atoms. The lowest BCUT2D eigenvalue weighted by molar-refractivity contribution is -0.0444. The van der Waals surface area contributed by atoms with Crippen molar-refractivity contribution in [3.8, 4) is 11.5 Å². The Labute approximate surface area is 194 Å². The highest BCUT2D eigenvalue weighted by Crippen LogP contribution is 2.59. The molecule has 7 nitrogen and oxygen atoms in total. The number of hydrogen-bond acceptors (Lipinski definition) is 6. The highest BCUT2D eigenvalue weighted by Gasteiger charge is 2.50. The lowest BCUT2D eigenvalue weighted by Crippen LogP contribution is -2.49. The van der Waals surface area contributed by atoms with Crippen LogP contribution in [0.1, 0.15) is 60.1 Å². The molecule has 2 N–H and O–H groups in total. The summed E-state index contributed by atoms with van der Waals surface area (Å²) in [6, 6.07) is 4.78. The van der Waals surface area contributed by atoms with Crippen molar-refractivity contribution >= 4 is 11.7 Å². The molecule has 0 unspecified atom stereocenters. The molecule has 7 heteroatoms. The fraction of sp³-hybridized carbons (Fsp3) is 0.577. The van der Waals surface area contributed by atoms with Crippen LogP contribution in [0.2, 0.25) is 0 Å². The van der Waals surface area contributed by atoms with Crippen LogP contribution in [0.25, 0.3) is 0 Å². The molecule has 0 atom stereocenters. The molecule has 174 valence electrons. The van der Waals surface area contributed by atoms with E-state index in [1.807, 2.05) is 0 Å². The first-order chi connectivity index (χ1) is 16.0. The maximum atomic E-state index is 13.1. The smallest absolute Gasteiger partial charge is 0.257 e. The van der Waals surface area contributed by atoms with E-state index in [4.69, 9.17) is 4.74 Å². The third-order valence-corrected chi connectivity index (χ3v) is 8.53. The number of nitrogens with zero attached hydrogens (tertiary/aromatic N) is 3. The second-order valence-corrected chi connectivity index (χ2v) is 10.8. The summed E-state index contributed by atoms with van der Waals surface area (Å²) < 4.78 is 5.13. The summed E-state index contributed by atoms with van der Waals surface area (Å²) >= 11 is 0. The molecule has 0 radical (unpaired) electrons. The van der Waals surface area contributed by atoms with E-state index in [0.29, 0.717) is 30.7 Å². The Balaban J connectivity index is 1.16. The Kier molecular flexibility index (Phi) is 4.96. The van der Waals surface area contributed by atoms with Crippen LogP contribution in [0.15, 0.2) is 24.5 Å². The van der Waals surface area contributed by atoms with Crippen LogP contribution in [-0.4, -0.2) is 46.1 Å². The highest BCUT2D eigenvalue weighted by molar-refractivity contribution is 5.97. The zero-order valence-electron chi connectivity index (χ0n) is 19.2. The largest absolute Gasteiger partial charge is 0.507 e. The molecule has 2 heterocycles. The molecule has 1 amide bonds. The predicted octanol–water partition coefficient (Wildman–Crippen LogP) is 4.02. The van der Waals surface area contributed by atoms with Crippen LogP contribution in [0.5, 0.6) is 11.5 Å². The Morgan fingerprint density at radius 2 is 1.91 bits per heavy atom. The van der Waals surface area contributed by atoms with Gasteiger partial charge >= 0.3 is 0 Å². The van der Waals surface area contributed by atoms with Gasteiger partial charge in [0.25, 0.3) is 5.91 Å². The van der Waals surface area contributed by atoms with Crippen molar-refractivity contribution in [2.75, 3.05) is 25.5 Å². The number of methoxy groups -OCH3 is 1. The minimum absolute atomic E-state index is 0.0641. The molecular weight excluding hydrogens is 416 g/mol. The van der Waals surface area contributed by atoms with Gasteiger partial charge in [-0.2, -0.15) is 0 Å². The van der Waals surface area contributed by atoms with Gasteiger partial charge in [0.05, 0.1) is 24.9 Å². The van der Waals surface area contributed by atoms with Crippen molar-refractivity contribution in [1.29, 1.82) is 0 Å². The van der Waals surface area contributed by atoms with E-state index in [1.165, 1.54) is 51.7 Å². The van der Waals surface area contributed by atoms with Gasteiger partial charge in [0.2, 0.25) is 0 Å². The number of carbonyl (C=O) groups excluding carboxylic acids is 1. The molecule has 1 aliphatic heterocycles. The van der Waals surface area contributed by atoms with Crippen molar-refractivity contribution in [1.82, 2.24) is 14.9 Å². The van der Waals surface area contributed by atoms with Crippen LogP contribution in [0.4, 0.5) is 5.82 Å². The molecule has 5 aliphatic rings. The first-order valence-electron chi connectivity index (χ1n) is 12.2. The summed E-state index contributed by atoms with van der Waals surface area (Å²) in [4.78, 5) is 23.9. The number of ether oxygens (including phenoxy) is 1. The van der Waals surface area contributed by atoms with Gasteiger partial charge in [-0.05, 0) is 80.2 Å². The molecule has 4 aliphatic carbocycles. The SMILES string of the molecule is COc1ccc(C(=O)N2CCc3c(ncnc3NCC34CC5CC(CC(C5)C3)C4)C2)c(O)c1. The Hall–Kier alpha value is -2.83. The van der Waals surface area contributed by atoms with E-state index in [0.717, 1.165) is 41.4 Å². The number of aromatic hydroxyl groups is 1. The zero-order valence-corrected chi connectivity index (χ0v) is 19.2. The van der Waals surface area contributed by atoms with Gasteiger partial charge in [-0.1, -0.05) is 0 Å². The summed E-state index contributed by atoms with van der Waals surface area (Å²) in [6.45, 7) is 2.01. The van der Waals surface area contributed by atoms with Crippen molar-refractivity contribution in [2.45, 2.75) is 51.5 Å². The fourth-order valence-electron chi connectivity index (χ4n) is 7.45. The van der Waals surface area contributed by atoms with E-state index in [9.17, 15) is 9.90 Å². The number of nitrogens with one attached hydrogen (secondary N) is 1. The maximum absolute atomic E-state index is 13.1. The number of anilines is 1. The summed E-state index contributed by atoms with van der Waals surface area (Å²) in [5.74, 6) is 4.02. The summed E-state index contributed by atoms with van der Waals surface area (Å²) in [7, 11) is 1.53. The van der Waals surface area contributed by atoms with Gasteiger partial charge in [-0.15, -0.1) is 0 Å². The number of fused-ring (bicyclic) bond motifs is 1. The molecule has 2 aromatic rings. The number of phenols is 1. The third-order valence-electron chi connectivity index (χ3n) is 8.53. The number of phenolic OH excluding ortho intramolecular Hbond substituents is 1. The number of carbonyl (C=O) groups is 1. The van der Waals surface area contributed by atoms with Crippen LogP contribution in [0, 0.1) is 23.2 Å². The second kappa shape index (κ2) is 7.89. The molecule has 0 spiro atoms. The normalized spacial score (nSPS) is 29.6. The maximum Gasteiger partial charge on any atom is 0.257 e. The van der Waals surface area contributed by atoms with Crippen LogP contribution < -0.4 is 10.1 Å². The molecular formula is C26H32N4O3. The minimum Gasteiger partial charge on any atom is -0.507 e. The van der Waals surface area contributed by atoms with Gasteiger partial charge in [-0.3, -0.25) is 4.79 Å². The molecule has 4 fully saturated rings. The first kappa shape index (κ1) is 20.8. The van der Waals surface area contributed by atoms with Crippen molar-refractivity contribution in [2.24, 2.45) is 23.2 Å². The standard InChI is InChI=1S/C26H32N4O3/c1-33-19-2-3-21(23(31)9-19)25(32)30-5-4-20-22(13-30)28-15-29-24(20)27-14-26-10-16-6-17(11-26)8-18(7-16)12-26/h2-3,9,15-18,31H,4-8,10-14H2,1H3,(H,27,28,29). The van der Waals surface area contributed by atoms with Crippen LogP contribution in [0.3, 0.4) is 0 Å². The number of aromatic nitrogens is 2. The van der Waals surface area contributed by atoms with Crippen LogP contribution in [-0.2, 0) is 13.0 Å². The Morgan fingerprint density at radius 3 is 2.58 bits per heavy atom. The van der Waals surface area contributed by atoms with Crippen molar-refractivity contribution in [3.05, 3.63) is 41.3 Å². The highest BCUT2D eigenvalue weighted by atomic mass is 16.5. The average molecular weight is 449 g/mol. The number of amides is 1. The van der Waals surface area contributed by atoms with Gasteiger partial charge in [0, 0.05) is 24.7 Å². The summed E-state index contributed by atoms with van der Waals surface area (Å²) in [5.41, 5.74) is 2.75. The molecule has 0 saturated heterocycles. The zero-order chi connectivity index (χ0) is 22.6. The third kappa shape index (κ3) is 3.71. The quantitative estimate of drug-likeness (QED) is 0.718. The minimum atomic E-state index is -0.192. The number of hydrogen-bond donors (Lipinski definition) is 2. The van der Waals surface area contributed by atoms with E-state index in [1.54, 1.807) is 23.4 Å². The molecule has 1 aromatic carbocycles. The second-order valence-electron chi connectivity index (χ2n) is 10.8. The van der Waals surface area contributed by atoms with E-state index in [-0.39, 0.29) is 17.2 Å². The molecule has 4 saturated carbocycles. The van der Waals surface area contributed by atoms with Gasteiger partial charge in [0.15, 0.2) is 0 Å². The number of rotatable bonds is 5. The molecule has 1 aromatic heterocycles. The predicted molar refractivity (Wildman–Crippen MR) is 124 cm³/mol. The lowest BCUT2D eigenvalue weighted by Gasteiger charge is -2.57. The van der Waals surface area contributed by atoms with E-state index >= 15 is 0 Å². The first-order valence-corrected chi connectivity index (χ1v) is 12.2. The fourth-order valence-corrected chi connectivity index (χ4v) is 7.45. The van der Waals surface area contributed by atoms with E-state index < -0.39 is 0 Å². The topological polar surface area (TPSA) is 87.6 Å². The van der Waals surface area contributed by atoms with Gasteiger partial charge in [0.1, 0.15) is 23.6 Å². The Bertz CT molecular complexity index is 1050. The summed E-state index contributed by atoms with van der Waals surface area (Å²) in [5, 5.41) is 14.0. The van der Waals surface area contributed by atoms with Crippen molar-refractivity contribution < 1.29 is 14.6 Å².